The SMILES string of the molecule is CC(=O)N[C@@H](Cc1cccc(F)c1F)[C@@H](O)CN[C@H]1CC2(CCC2)Oc2nc(F)c(CC(C)C)cc21. The van der Waals surface area contributed by atoms with Crippen molar-refractivity contribution in [2.45, 2.75) is 83.1 Å². The lowest BCUT2D eigenvalue weighted by Crippen LogP contribution is -2.52. The van der Waals surface area contributed by atoms with Gasteiger partial charge in [-0.15, -0.1) is 0 Å². The molecule has 1 saturated carbocycles. The molecule has 1 aromatic carbocycles. The molecule has 0 bridgehead atoms. The van der Waals surface area contributed by atoms with E-state index in [1.165, 1.54) is 19.1 Å². The number of hydrogen-bond acceptors (Lipinski definition) is 5. The van der Waals surface area contributed by atoms with Crippen LogP contribution in [-0.2, 0) is 17.6 Å². The minimum absolute atomic E-state index is 0.0654. The van der Waals surface area contributed by atoms with Crippen molar-refractivity contribution in [3.8, 4) is 5.88 Å². The van der Waals surface area contributed by atoms with Gasteiger partial charge >= 0.3 is 0 Å². The number of halogens is 3. The summed E-state index contributed by atoms with van der Waals surface area (Å²) in [4.78, 5) is 15.9. The van der Waals surface area contributed by atoms with Crippen LogP contribution in [0.15, 0.2) is 24.3 Å². The Morgan fingerprint density at radius 3 is 2.61 bits per heavy atom. The molecule has 0 unspecified atom stereocenters. The average molecular weight is 506 g/mol. The van der Waals surface area contributed by atoms with E-state index in [0.717, 1.165) is 30.9 Å². The summed E-state index contributed by atoms with van der Waals surface area (Å²) in [6.07, 6.45) is 2.72. The van der Waals surface area contributed by atoms with Crippen molar-refractivity contribution in [1.82, 2.24) is 15.6 Å². The first kappa shape index (κ1) is 26.4. The second-order valence-electron chi connectivity index (χ2n) is 10.5. The molecule has 1 aliphatic heterocycles. The number of fused-ring (bicyclic) bond motifs is 1. The van der Waals surface area contributed by atoms with Gasteiger partial charge in [0.25, 0.3) is 0 Å². The number of rotatable bonds is 9. The molecule has 4 rings (SSSR count). The largest absolute Gasteiger partial charge is 0.471 e. The zero-order chi connectivity index (χ0) is 26.0. The number of amides is 1. The van der Waals surface area contributed by atoms with Crippen molar-refractivity contribution < 1.29 is 27.8 Å². The van der Waals surface area contributed by atoms with E-state index in [1.807, 2.05) is 13.8 Å². The first-order valence-corrected chi connectivity index (χ1v) is 12.6. The maximum Gasteiger partial charge on any atom is 0.221 e. The second-order valence-corrected chi connectivity index (χ2v) is 10.5. The summed E-state index contributed by atoms with van der Waals surface area (Å²) in [5, 5.41) is 17.0. The first-order chi connectivity index (χ1) is 17.1. The number of hydrogen-bond donors (Lipinski definition) is 3. The van der Waals surface area contributed by atoms with Crippen molar-refractivity contribution in [1.29, 1.82) is 0 Å². The highest BCUT2D eigenvalue weighted by molar-refractivity contribution is 5.73. The molecule has 36 heavy (non-hydrogen) atoms. The number of nitrogens with one attached hydrogen (secondary N) is 2. The molecule has 2 aromatic rings. The van der Waals surface area contributed by atoms with E-state index in [2.05, 4.69) is 15.6 Å². The third kappa shape index (κ3) is 5.83. The summed E-state index contributed by atoms with van der Waals surface area (Å²) in [7, 11) is 0. The van der Waals surface area contributed by atoms with Gasteiger partial charge in [0.1, 0.15) is 5.60 Å². The molecule has 1 spiro atoms. The van der Waals surface area contributed by atoms with E-state index < -0.39 is 41.2 Å². The summed E-state index contributed by atoms with van der Waals surface area (Å²) >= 11 is 0. The molecular formula is C27H34F3N3O3. The number of carbonyl (C=O) groups excluding carboxylic acids is 1. The predicted octanol–water partition coefficient (Wildman–Crippen LogP) is 4.14. The van der Waals surface area contributed by atoms with Gasteiger partial charge in [-0.1, -0.05) is 26.0 Å². The van der Waals surface area contributed by atoms with Gasteiger partial charge in [0.05, 0.1) is 12.1 Å². The van der Waals surface area contributed by atoms with Crippen LogP contribution in [0.4, 0.5) is 13.2 Å². The molecular weight excluding hydrogens is 471 g/mol. The summed E-state index contributed by atoms with van der Waals surface area (Å²) < 4.78 is 48.8. The van der Waals surface area contributed by atoms with Crippen LogP contribution in [0, 0.1) is 23.5 Å². The Balaban J connectivity index is 1.53. The molecule has 2 aliphatic rings. The summed E-state index contributed by atoms with van der Waals surface area (Å²) in [6.45, 7) is 5.39. The highest BCUT2D eigenvalue weighted by Crippen LogP contribution is 2.48. The number of carbonyl (C=O) groups is 1. The third-order valence-corrected chi connectivity index (χ3v) is 7.10. The van der Waals surface area contributed by atoms with E-state index in [0.29, 0.717) is 18.4 Å². The van der Waals surface area contributed by atoms with Gasteiger partial charge < -0.3 is 20.5 Å². The molecule has 9 heteroatoms. The molecule has 1 aliphatic carbocycles. The van der Waals surface area contributed by atoms with Crippen molar-refractivity contribution in [2.24, 2.45) is 5.92 Å². The summed E-state index contributed by atoms with van der Waals surface area (Å²) in [5.74, 6) is -2.37. The van der Waals surface area contributed by atoms with E-state index in [-0.39, 0.29) is 36.4 Å². The summed E-state index contributed by atoms with van der Waals surface area (Å²) in [6, 6.07) is 4.55. The predicted molar refractivity (Wildman–Crippen MR) is 129 cm³/mol. The number of ether oxygens (including phenoxy) is 1. The molecule has 0 saturated heterocycles. The van der Waals surface area contributed by atoms with Gasteiger partial charge in [0.2, 0.25) is 17.7 Å². The number of aliphatic hydroxyl groups is 1. The Morgan fingerprint density at radius 2 is 1.97 bits per heavy atom. The van der Waals surface area contributed by atoms with E-state index >= 15 is 0 Å². The highest BCUT2D eigenvalue weighted by Gasteiger charge is 2.46. The Hall–Kier alpha value is -2.65. The van der Waals surface area contributed by atoms with Crippen LogP contribution >= 0.6 is 0 Å². The van der Waals surface area contributed by atoms with Crippen molar-refractivity contribution in [2.75, 3.05) is 6.54 Å². The normalized spacial score (nSPS) is 19.8. The summed E-state index contributed by atoms with van der Waals surface area (Å²) in [5.41, 5.74) is 0.915. The van der Waals surface area contributed by atoms with Crippen molar-refractivity contribution >= 4 is 5.91 Å². The van der Waals surface area contributed by atoms with E-state index in [1.54, 1.807) is 6.07 Å². The lowest BCUT2D eigenvalue weighted by Gasteiger charge is -2.47. The minimum Gasteiger partial charge on any atom is -0.471 e. The van der Waals surface area contributed by atoms with Gasteiger partial charge in [0.15, 0.2) is 11.6 Å². The van der Waals surface area contributed by atoms with Gasteiger partial charge in [-0.25, -0.2) is 8.78 Å². The van der Waals surface area contributed by atoms with Gasteiger partial charge in [-0.3, -0.25) is 4.79 Å². The zero-order valence-corrected chi connectivity index (χ0v) is 20.9. The topological polar surface area (TPSA) is 83.5 Å². The van der Waals surface area contributed by atoms with Crippen LogP contribution in [0.1, 0.15) is 69.2 Å². The smallest absolute Gasteiger partial charge is 0.221 e. The van der Waals surface area contributed by atoms with Crippen LogP contribution in [0.25, 0.3) is 0 Å². The monoisotopic (exact) mass is 505 g/mol. The van der Waals surface area contributed by atoms with Gasteiger partial charge in [0, 0.05) is 37.1 Å². The third-order valence-electron chi connectivity index (χ3n) is 7.10. The molecule has 3 atom stereocenters. The molecule has 196 valence electrons. The first-order valence-electron chi connectivity index (χ1n) is 12.6. The van der Waals surface area contributed by atoms with Gasteiger partial charge in [-0.05, 0) is 55.7 Å². The van der Waals surface area contributed by atoms with Crippen LogP contribution in [0.5, 0.6) is 5.88 Å². The second kappa shape index (κ2) is 10.8. The fourth-order valence-electron chi connectivity index (χ4n) is 5.13. The highest BCUT2D eigenvalue weighted by atomic mass is 19.2. The standard InChI is InChI=1S/C27H34F3N3O3/c1-15(2)10-18-11-19-22(13-27(8-5-9-27)36-26(19)33-25(18)30)31-14-23(35)21(32-16(3)34)12-17-6-4-7-20(28)24(17)29/h4,6-7,11,15,21-23,31,35H,5,8-10,12-14H2,1-3H3,(H,32,34)/t21-,22-,23-/m0/s1. The maximum absolute atomic E-state index is 14.7. The Kier molecular flexibility index (Phi) is 7.90. The average Bonchev–Trinajstić information content (AvgIpc) is 2.78. The molecule has 6 nitrogen and oxygen atoms in total. The molecule has 1 fully saturated rings. The molecule has 0 radical (unpaired) electrons. The number of aromatic nitrogens is 1. The number of pyridine rings is 1. The minimum atomic E-state index is -1.09. The maximum atomic E-state index is 14.7. The quantitative estimate of drug-likeness (QED) is 0.446. The van der Waals surface area contributed by atoms with Crippen LogP contribution < -0.4 is 15.4 Å². The Morgan fingerprint density at radius 1 is 1.22 bits per heavy atom. The van der Waals surface area contributed by atoms with E-state index in [4.69, 9.17) is 4.74 Å². The molecule has 1 amide bonds. The van der Waals surface area contributed by atoms with Crippen LogP contribution in [-0.4, -0.2) is 40.3 Å². The molecule has 3 N–H and O–H groups in total. The number of benzene rings is 1. The molecule has 2 heterocycles. The van der Waals surface area contributed by atoms with Gasteiger partial charge in [-0.2, -0.15) is 9.37 Å². The number of nitrogens with zero attached hydrogens (tertiary/aromatic N) is 1. The lowest BCUT2D eigenvalue weighted by atomic mass is 9.73. The zero-order valence-electron chi connectivity index (χ0n) is 20.9. The van der Waals surface area contributed by atoms with Crippen molar-refractivity contribution in [3.63, 3.8) is 0 Å². The fourth-order valence-corrected chi connectivity index (χ4v) is 5.13. The number of aliphatic hydroxyl groups excluding tert-OH is 1. The Bertz CT molecular complexity index is 1110. The Labute approximate surface area is 209 Å². The van der Waals surface area contributed by atoms with Crippen LogP contribution in [0.3, 0.4) is 0 Å². The van der Waals surface area contributed by atoms with Crippen molar-refractivity contribution in [3.05, 3.63) is 58.5 Å². The molecule has 1 aromatic heterocycles. The van der Waals surface area contributed by atoms with Crippen LogP contribution in [0.2, 0.25) is 0 Å². The fraction of sp³-hybridized carbons (Fsp3) is 0.556. The lowest BCUT2D eigenvalue weighted by molar-refractivity contribution is -0.120. The van der Waals surface area contributed by atoms with E-state index in [9.17, 15) is 23.1 Å².